The van der Waals surface area contributed by atoms with E-state index in [9.17, 15) is 15.0 Å². The van der Waals surface area contributed by atoms with Gasteiger partial charge in [-0.1, -0.05) is 53.2 Å². The van der Waals surface area contributed by atoms with Gasteiger partial charge in [0, 0.05) is 0 Å². The Kier molecular flexibility index (Phi) is 4.92. The van der Waals surface area contributed by atoms with Crippen LogP contribution in [0.25, 0.3) is 0 Å². The lowest BCUT2D eigenvalue weighted by atomic mass is 9.37. The number of hydrogen-bond acceptors (Lipinski definition) is 2. The van der Waals surface area contributed by atoms with Gasteiger partial charge in [0.1, 0.15) is 0 Å². The van der Waals surface area contributed by atoms with E-state index in [0.717, 1.165) is 51.4 Å². The van der Waals surface area contributed by atoms with Crippen molar-refractivity contribution < 1.29 is 15.0 Å². The van der Waals surface area contributed by atoms with Crippen LogP contribution in [0.4, 0.5) is 0 Å². The van der Waals surface area contributed by atoms with Crippen molar-refractivity contribution in [2.24, 2.45) is 50.7 Å². The molecule has 2 N–H and O–H groups in total. The van der Waals surface area contributed by atoms with Crippen molar-refractivity contribution >= 4 is 5.97 Å². The third-order valence-corrected chi connectivity index (χ3v) is 12.2. The monoisotopic (exact) mass is 442 g/mol. The molecule has 3 heteroatoms. The van der Waals surface area contributed by atoms with E-state index in [1.807, 2.05) is 0 Å². The summed E-state index contributed by atoms with van der Waals surface area (Å²) in [4.78, 5) is 12.6. The highest BCUT2D eigenvalue weighted by Gasteiger charge is 2.65. The minimum atomic E-state index is -0.539. The Morgan fingerprint density at radius 1 is 0.844 bits per heavy atom. The van der Waals surface area contributed by atoms with Gasteiger partial charge in [-0.05, 0) is 110 Å². The van der Waals surface area contributed by atoms with E-state index < -0.39 is 11.4 Å². The van der Waals surface area contributed by atoms with Crippen LogP contribution >= 0.6 is 0 Å². The molecule has 4 saturated carbocycles. The Bertz CT molecular complexity index is 839. The maximum atomic E-state index is 12.6. The number of aliphatic hydroxyl groups excluding tert-OH is 1. The summed E-state index contributed by atoms with van der Waals surface area (Å²) in [6.07, 6.45) is 12.8. The molecular formula is C29H46O3. The first-order chi connectivity index (χ1) is 14.8. The molecule has 0 aromatic rings. The van der Waals surface area contributed by atoms with Gasteiger partial charge in [-0.25, -0.2) is 0 Å². The molecule has 180 valence electrons. The van der Waals surface area contributed by atoms with Crippen molar-refractivity contribution in [3.05, 3.63) is 11.6 Å². The van der Waals surface area contributed by atoms with Gasteiger partial charge in [-0.3, -0.25) is 4.79 Å². The van der Waals surface area contributed by atoms with Crippen LogP contribution in [0, 0.1) is 50.7 Å². The Hall–Kier alpha value is -0.830. The Morgan fingerprint density at radius 3 is 2.22 bits per heavy atom. The summed E-state index contributed by atoms with van der Waals surface area (Å²) in [5, 5.41) is 21.2. The second kappa shape index (κ2) is 6.86. The minimum absolute atomic E-state index is 0.0171. The number of carboxylic acid groups (broad SMARTS) is 1. The fraction of sp³-hybridized carbons (Fsp3) is 0.897. The summed E-state index contributed by atoms with van der Waals surface area (Å²) in [6, 6.07) is 0. The van der Waals surface area contributed by atoms with E-state index in [-0.39, 0.29) is 33.7 Å². The molecule has 0 amide bonds. The van der Waals surface area contributed by atoms with Gasteiger partial charge < -0.3 is 10.2 Å². The number of carbonyl (C=O) groups is 1. The zero-order valence-corrected chi connectivity index (χ0v) is 21.3. The molecule has 0 aromatic carbocycles. The van der Waals surface area contributed by atoms with Gasteiger partial charge >= 0.3 is 5.97 Å². The van der Waals surface area contributed by atoms with Crippen LogP contribution in [-0.2, 0) is 4.79 Å². The lowest BCUT2D eigenvalue weighted by molar-refractivity contribution is -0.188. The van der Waals surface area contributed by atoms with Crippen LogP contribution in [0.1, 0.15) is 106 Å². The maximum absolute atomic E-state index is 12.6. The molecule has 0 spiro atoms. The van der Waals surface area contributed by atoms with Gasteiger partial charge in [0.15, 0.2) is 0 Å². The molecule has 5 rings (SSSR count). The van der Waals surface area contributed by atoms with Crippen LogP contribution in [0.5, 0.6) is 0 Å². The van der Waals surface area contributed by atoms with Crippen LogP contribution in [0.2, 0.25) is 0 Å². The topological polar surface area (TPSA) is 57.5 Å². The van der Waals surface area contributed by atoms with Crippen LogP contribution in [-0.4, -0.2) is 22.3 Å². The highest BCUT2D eigenvalue weighted by Crippen LogP contribution is 2.72. The molecule has 3 nitrogen and oxygen atoms in total. The predicted molar refractivity (Wildman–Crippen MR) is 128 cm³/mol. The molecule has 5 aliphatic rings. The number of fused-ring (bicyclic) bond motifs is 7. The number of aliphatic hydroxyl groups is 1. The average molecular weight is 443 g/mol. The maximum Gasteiger partial charge on any atom is 0.310 e. The van der Waals surface area contributed by atoms with Crippen molar-refractivity contribution in [3.63, 3.8) is 0 Å². The SMILES string of the molecule is CC1(C)CC[C@]2(C(=O)O)CCC3C(=CCC4C5(C)CCC(O)C(C)(C)C5CC[C@@]34C)C2C1. The number of hydrogen-bond donors (Lipinski definition) is 2. The smallest absolute Gasteiger partial charge is 0.310 e. The predicted octanol–water partition coefficient (Wildman–Crippen LogP) is 6.84. The molecule has 8 atom stereocenters. The Balaban J connectivity index is 1.55. The number of allylic oxidation sites excluding steroid dienone is 2. The van der Waals surface area contributed by atoms with E-state index in [4.69, 9.17) is 0 Å². The molecule has 32 heavy (non-hydrogen) atoms. The van der Waals surface area contributed by atoms with Crippen molar-refractivity contribution in [1.82, 2.24) is 0 Å². The molecule has 4 fully saturated rings. The molecule has 0 aromatic heterocycles. The molecule has 6 unspecified atom stereocenters. The average Bonchev–Trinajstić information content (AvgIpc) is 2.70. The summed E-state index contributed by atoms with van der Waals surface area (Å²) in [7, 11) is 0. The van der Waals surface area contributed by atoms with E-state index in [0.29, 0.717) is 17.8 Å². The van der Waals surface area contributed by atoms with Crippen LogP contribution in [0.3, 0.4) is 0 Å². The van der Waals surface area contributed by atoms with Crippen molar-refractivity contribution in [2.75, 3.05) is 0 Å². The van der Waals surface area contributed by atoms with Crippen LogP contribution < -0.4 is 0 Å². The molecule has 0 bridgehead atoms. The van der Waals surface area contributed by atoms with Gasteiger partial charge in [-0.15, -0.1) is 0 Å². The van der Waals surface area contributed by atoms with Gasteiger partial charge in [0.05, 0.1) is 11.5 Å². The number of aliphatic carboxylic acids is 1. The Labute approximate surface area is 195 Å². The van der Waals surface area contributed by atoms with Crippen LogP contribution in [0.15, 0.2) is 11.6 Å². The first-order valence-electron chi connectivity index (χ1n) is 13.4. The normalized spacial score (nSPS) is 51.3. The minimum Gasteiger partial charge on any atom is -0.481 e. The van der Waals surface area contributed by atoms with Crippen molar-refractivity contribution in [3.8, 4) is 0 Å². The molecule has 0 heterocycles. The lowest BCUT2D eigenvalue weighted by Crippen LogP contribution is -2.62. The molecule has 0 radical (unpaired) electrons. The second-order valence-corrected chi connectivity index (χ2v) is 14.4. The zero-order chi connectivity index (χ0) is 23.3. The lowest BCUT2D eigenvalue weighted by Gasteiger charge is -2.68. The van der Waals surface area contributed by atoms with Crippen molar-refractivity contribution in [1.29, 1.82) is 0 Å². The third-order valence-electron chi connectivity index (χ3n) is 12.2. The first kappa shape index (κ1) is 22.9. The summed E-state index contributed by atoms with van der Waals surface area (Å²) in [5.74, 6) is 1.43. The highest BCUT2D eigenvalue weighted by atomic mass is 16.4. The second-order valence-electron chi connectivity index (χ2n) is 14.4. The standard InChI is InChI=1S/C29H46O3/c1-25(2)15-16-29(24(31)32)14-9-19-18(20(29)17-25)7-8-22-27(19,5)12-10-21-26(3,4)23(30)11-13-28(21,22)6/h7,19-23,30H,8-17H2,1-6H3,(H,31,32)/t19?,20?,21?,22?,23?,27-,28?,29+/m0/s1. The third kappa shape index (κ3) is 2.85. The van der Waals surface area contributed by atoms with Gasteiger partial charge in [0.25, 0.3) is 0 Å². The summed E-state index contributed by atoms with van der Waals surface area (Å²) in [5.41, 5.74) is 1.75. The number of carboxylic acids is 1. The highest BCUT2D eigenvalue weighted by molar-refractivity contribution is 5.76. The first-order valence-corrected chi connectivity index (χ1v) is 13.4. The zero-order valence-electron chi connectivity index (χ0n) is 21.3. The summed E-state index contributed by atoms with van der Waals surface area (Å²) < 4.78 is 0. The quantitative estimate of drug-likeness (QED) is 0.437. The van der Waals surface area contributed by atoms with Gasteiger partial charge in [0.2, 0.25) is 0 Å². The fourth-order valence-corrected chi connectivity index (χ4v) is 10.3. The van der Waals surface area contributed by atoms with E-state index >= 15 is 0 Å². The van der Waals surface area contributed by atoms with E-state index in [1.54, 1.807) is 0 Å². The van der Waals surface area contributed by atoms with Gasteiger partial charge in [-0.2, -0.15) is 0 Å². The van der Waals surface area contributed by atoms with E-state index in [1.165, 1.54) is 18.4 Å². The largest absolute Gasteiger partial charge is 0.481 e. The molecular weight excluding hydrogens is 396 g/mol. The Morgan fingerprint density at radius 2 is 1.53 bits per heavy atom. The fourth-order valence-electron chi connectivity index (χ4n) is 10.3. The summed E-state index contributed by atoms with van der Waals surface area (Å²) >= 11 is 0. The van der Waals surface area contributed by atoms with E-state index in [2.05, 4.69) is 47.6 Å². The summed E-state index contributed by atoms with van der Waals surface area (Å²) in [6.45, 7) is 14.4. The van der Waals surface area contributed by atoms with Crippen molar-refractivity contribution in [2.45, 2.75) is 112 Å². The molecule has 5 aliphatic carbocycles. The number of rotatable bonds is 1. The molecule has 0 aliphatic heterocycles. The molecule has 0 saturated heterocycles.